The quantitative estimate of drug-likeness (QED) is 0.492. The summed E-state index contributed by atoms with van der Waals surface area (Å²) in [5, 5.41) is 0. The van der Waals surface area contributed by atoms with Crippen molar-refractivity contribution in [1.82, 2.24) is 0 Å². The fourth-order valence-electron chi connectivity index (χ4n) is 0.534. The third kappa shape index (κ3) is 7.89. The van der Waals surface area contributed by atoms with Crippen molar-refractivity contribution in [3.63, 3.8) is 0 Å². The molecular formula is C6H13O3P. The zero-order valence-electron chi connectivity index (χ0n) is 6.03. The maximum atomic E-state index is 10.2. The van der Waals surface area contributed by atoms with Gasteiger partial charge in [-0.15, -0.1) is 0 Å². The SMILES string of the molecule is CCCCC=CP(=O)(O)O. The highest BCUT2D eigenvalue weighted by Crippen LogP contribution is 2.36. The Bertz CT molecular complexity index is 147. The average molecular weight is 164 g/mol. The first-order chi connectivity index (χ1) is 4.56. The Balaban J connectivity index is 3.47. The van der Waals surface area contributed by atoms with Crippen LogP contribution in [0.5, 0.6) is 0 Å². The summed E-state index contributed by atoms with van der Waals surface area (Å²) in [5.74, 6) is 0.961. The maximum absolute atomic E-state index is 10.2. The summed E-state index contributed by atoms with van der Waals surface area (Å²) in [6, 6.07) is 0. The van der Waals surface area contributed by atoms with E-state index in [-0.39, 0.29) is 0 Å². The van der Waals surface area contributed by atoms with Crippen molar-refractivity contribution in [3.05, 3.63) is 11.9 Å². The van der Waals surface area contributed by atoms with Gasteiger partial charge in [0.15, 0.2) is 0 Å². The first-order valence-electron chi connectivity index (χ1n) is 3.29. The third-order valence-corrected chi connectivity index (χ3v) is 1.62. The van der Waals surface area contributed by atoms with E-state index < -0.39 is 7.60 Å². The van der Waals surface area contributed by atoms with Gasteiger partial charge in [-0.2, -0.15) is 0 Å². The molecule has 0 unspecified atom stereocenters. The third-order valence-electron chi connectivity index (χ3n) is 1.02. The molecule has 3 nitrogen and oxygen atoms in total. The minimum Gasteiger partial charge on any atom is -0.321 e. The second-order valence-electron chi connectivity index (χ2n) is 2.12. The minimum atomic E-state index is -3.89. The first kappa shape index (κ1) is 9.89. The Morgan fingerprint density at radius 1 is 1.50 bits per heavy atom. The number of rotatable bonds is 4. The van der Waals surface area contributed by atoms with Crippen LogP contribution in [0.4, 0.5) is 0 Å². The Morgan fingerprint density at radius 2 is 2.10 bits per heavy atom. The molecule has 0 spiro atoms. The van der Waals surface area contributed by atoms with E-state index in [0.29, 0.717) is 0 Å². The lowest BCUT2D eigenvalue weighted by molar-refractivity contribution is 0.386. The van der Waals surface area contributed by atoms with Gasteiger partial charge in [0.2, 0.25) is 0 Å². The maximum Gasteiger partial charge on any atom is 0.348 e. The van der Waals surface area contributed by atoms with Crippen LogP contribution in [-0.2, 0) is 4.57 Å². The second-order valence-corrected chi connectivity index (χ2v) is 3.59. The monoisotopic (exact) mass is 164 g/mol. The molecule has 2 N–H and O–H groups in total. The molecule has 60 valence electrons. The lowest BCUT2D eigenvalue weighted by Gasteiger charge is -1.93. The van der Waals surface area contributed by atoms with Gasteiger partial charge in [0.25, 0.3) is 0 Å². The van der Waals surface area contributed by atoms with E-state index in [1.807, 2.05) is 6.92 Å². The van der Waals surface area contributed by atoms with Crippen LogP contribution in [0.3, 0.4) is 0 Å². The van der Waals surface area contributed by atoms with Crippen LogP contribution in [0.25, 0.3) is 0 Å². The molecule has 0 saturated carbocycles. The molecule has 10 heavy (non-hydrogen) atoms. The van der Waals surface area contributed by atoms with Crippen LogP contribution >= 0.6 is 7.60 Å². The molecule has 0 heterocycles. The van der Waals surface area contributed by atoms with Gasteiger partial charge in [0.1, 0.15) is 0 Å². The van der Waals surface area contributed by atoms with E-state index in [1.165, 1.54) is 6.08 Å². The second kappa shape index (κ2) is 4.67. The highest BCUT2D eigenvalue weighted by molar-refractivity contribution is 7.55. The normalized spacial score (nSPS) is 12.7. The van der Waals surface area contributed by atoms with Crippen LogP contribution in [0, 0.1) is 0 Å². The van der Waals surface area contributed by atoms with E-state index in [0.717, 1.165) is 25.1 Å². The van der Waals surface area contributed by atoms with Crippen molar-refractivity contribution in [2.75, 3.05) is 0 Å². The highest BCUT2D eigenvalue weighted by Gasteiger charge is 2.03. The van der Waals surface area contributed by atoms with Gasteiger partial charge in [0.05, 0.1) is 0 Å². The lowest BCUT2D eigenvalue weighted by atomic mass is 10.2. The number of unbranched alkanes of at least 4 members (excludes halogenated alkanes) is 2. The van der Waals surface area contributed by atoms with Gasteiger partial charge in [0, 0.05) is 5.82 Å². The molecule has 0 amide bonds. The van der Waals surface area contributed by atoms with Crippen LogP contribution < -0.4 is 0 Å². The van der Waals surface area contributed by atoms with E-state index >= 15 is 0 Å². The predicted octanol–water partition coefficient (Wildman–Crippen LogP) is 1.87. The van der Waals surface area contributed by atoms with Gasteiger partial charge < -0.3 is 9.79 Å². The molecule has 0 saturated heterocycles. The van der Waals surface area contributed by atoms with Crippen LogP contribution in [0.2, 0.25) is 0 Å². The Labute approximate surface area is 60.9 Å². The largest absolute Gasteiger partial charge is 0.348 e. The van der Waals surface area contributed by atoms with E-state index in [1.54, 1.807) is 0 Å². The van der Waals surface area contributed by atoms with Gasteiger partial charge in [-0.05, 0) is 6.42 Å². The summed E-state index contributed by atoms with van der Waals surface area (Å²) >= 11 is 0. The summed E-state index contributed by atoms with van der Waals surface area (Å²) in [7, 11) is -3.89. The molecule has 0 bridgehead atoms. The smallest absolute Gasteiger partial charge is 0.321 e. The molecule has 0 fully saturated rings. The van der Waals surface area contributed by atoms with Gasteiger partial charge in [-0.1, -0.05) is 25.8 Å². The molecule has 0 aromatic rings. The zero-order chi connectivity index (χ0) is 8.04. The summed E-state index contributed by atoms with van der Waals surface area (Å²) in [6.45, 7) is 2.03. The van der Waals surface area contributed by atoms with Crippen LogP contribution in [0.1, 0.15) is 26.2 Å². The standard InChI is InChI=1S/C6H13O3P/c1-2-3-4-5-6-10(7,8)9/h5-6H,2-4H2,1H3,(H2,7,8,9). The fourth-order valence-corrected chi connectivity index (χ4v) is 0.958. The molecule has 4 heteroatoms. The van der Waals surface area contributed by atoms with Crippen molar-refractivity contribution in [3.8, 4) is 0 Å². The predicted molar refractivity (Wildman–Crippen MR) is 40.7 cm³/mol. The Kier molecular flexibility index (Phi) is 4.62. The summed E-state index contributed by atoms with van der Waals surface area (Å²) < 4.78 is 10.2. The molecule has 0 radical (unpaired) electrons. The van der Waals surface area contributed by atoms with Crippen molar-refractivity contribution in [2.45, 2.75) is 26.2 Å². The molecular weight excluding hydrogens is 151 g/mol. The van der Waals surface area contributed by atoms with E-state index in [9.17, 15) is 4.57 Å². The Hall–Kier alpha value is -0.110. The number of hydrogen-bond donors (Lipinski definition) is 2. The van der Waals surface area contributed by atoms with Gasteiger partial charge in [-0.3, -0.25) is 4.57 Å². The Morgan fingerprint density at radius 3 is 2.50 bits per heavy atom. The number of allylic oxidation sites excluding steroid dienone is 1. The van der Waals surface area contributed by atoms with Crippen molar-refractivity contribution < 1.29 is 14.4 Å². The molecule has 0 rings (SSSR count). The summed E-state index contributed by atoms with van der Waals surface area (Å²) in [5.41, 5.74) is 0. The summed E-state index contributed by atoms with van der Waals surface area (Å²) in [6.07, 6.45) is 4.31. The molecule has 0 aliphatic carbocycles. The first-order valence-corrected chi connectivity index (χ1v) is 4.97. The molecule has 0 aromatic heterocycles. The fraction of sp³-hybridized carbons (Fsp3) is 0.667. The number of hydrogen-bond acceptors (Lipinski definition) is 1. The highest BCUT2D eigenvalue weighted by atomic mass is 31.2. The molecule has 0 aliphatic rings. The zero-order valence-corrected chi connectivity index (χ0v) is 6.92. The lowest BCUT2D eigenvalue weighted by Crippen LogP contribution is -1.70. The van der Waals surface area contributed by atoms with E-state index in [2.05, 4.69) is 0 Å². The van der Waals surface area contributed by atoms with E-state index in [4.69, 9.17) is 9.79 Å². The molecule has 0 aromatic carbocycles. The average Bonchev–Trinajstić information content (AvgIpc) is 1.78. The van der Waals surface area contributed by atoms with Crippen molar-refractivity contribution >= 4 is 7.60 Å². The van der Waals surface area contributed by atoms with Gasteiger partial charge >= 0.3 is 7.60 Å². The minimum absolute atomic E-state index is 0.752. The van der Waals surface area contributed by atoms with Gasteiger partial charge in [-0.25, -0.2) is 0 Å². The summed E-state index contributed by atoms with van der Waals surface area (Å²) in [4.78, 5) is 16.7. The van der Waals surface area contributed by atoms with Crippen LogP contribution in [0.15, 0.2) is 11.9 Å². The van der Waals surface area contributed by atoms with Crippen molar-refractivity contribution in [2.24, 2.45) is 0 Å². The molecule has 0 aliphatic heterocycles. The topological polar surface area (TPSA) is 57.5 Å². The van der Waals surface area contributed by atoms with Crippen LogP contribution in [-0.4, -0.2) is 9.79 Å². The molecule has 0 atom stereocenters. The van der Waals surface area contributed by atoms with Crippen molar-refractivity contribution in [1.29, 1.82) is 0 Å².